The van der Waals surface area contributed by atoms with Gasteiger partial charge in [-0.1, -0.05) is 39.0 Å². The molecule has 0 amide bonds. The molecule has 114 valence electrons. The van der Waals surface area contributed by atoms with Crippen molar-refractivity contribution in [1.29, 1.82) is 0 Å². The van der Waals surface area contributed by atoms with Crippen LogP contribution in [0.1, 0.15) is 45.4 Å². The Bertz CT molecular complexity index is 547. The molecule has 0 saturated carbocycles. The molecule has 5 nitrogen and oxygen atoms in total. The summed E-state index contributed by atoms with van der Waals surface area (Å²) in [7, 11) is 0. The van der Waals surface area contributed by atoms with E-state index in [0.29, 0.717) is 17.1 Å². The fraction of sp³-hybridized carbons (Fsp3) is 0.533. The molecule has 1 aromatic heterocycles. The Hall–Kier alpha value is -1.98. The van der Waals surface area contributed by atoms with Gasteiger partial charge in [-0.15, -0.1) is 5.10 Å². The molecule has 1 heterocycles. The maximum Gasteiger partial charge on any atom is 0.182 e. The lowest BCUT2D eigenvalue weighted by Gasteiger charge is -2.06. The van der Waals surface area contributed by atoms with Crippen molar-refractivity contribution in [2.75, 3.05) is 5.73 Å². The molecule has 0 aliphatic heterocycles. The maximum absolute atomic E-state index is 13.4. The number of nitrogens with two attached hydrogens (primary N) is 1. The molecule has 1 aromatic carbocycles. The first-order valence-corrected chi connectivity index (χ1v) is 7.53. The Morgan fingerprint density at radius 1 is 1.10 bits per heavy atom. The highest BCUT2D eigenvalue weighted by Gasteiger charge is 2.10. The third-order valence-electron chi connectivity index (χ3n) is 3.43. The SMILES string of the molecule is CCCCCCCCn1nnnc1-c1cc(N)cc(F)c1. The van der Waals surface area contributed by atoms with Gasteiger partial charge in [-0.3, -0.25) is 0 Å². The van der Waals surface area contributed by atoms with E-state index >= 15 is 0 Å². The Morgan fingerprint density at radius 3 is 2.62 bits per heavy atom. The summed E-state index contributed by atoms with van der Waals surface area (Å²) in [5.74, 6) is 0.189. The first-order valence-electron chi connectivity index (χ1n) is 7.53. The van der Waals surface area contributed by atoms with Gasteiger partial charge >= 0.3 is 0 Å². The van der Waals surface area contributed by atoms with E-state index in [0.717, 1.165) is 19.4 Å². The second-order valence-electron chi connectivity index (χ2n) is 5.27. The first kappa shape index (κ1) is 15.4. The first-order chi connectivity index (χ1) is 10.2. The zero-order valence-electron chi connectivity index (χ0n) is 12.4. The van der Waals surface area contributed by atoms with Gasteiger partial charge in [-0.05, 0) is 35.0 Å². The standard InChI is InChI=1S/C15H22FN5/c1-2-3-4-5-6-7-8-21-15(18-19-20-21)12-9-13(16)11-14(17)10-12/h9-11H,2-8,17H2,1H3. The van der Waals surface area contributed by atoms with E-state index in [1.165, 1.54) is 37.8 Å². The van der Waals surface area contributed by atoms with E-state index in [9.17, 15) is 4.39 Å². The lowest BCUT2D eigenvalue weighted by atomic mass is 10.1. The number of halogens is 1. The predicted octanol–water partition coefficient (Wildman–Crippen LogP) is 3.42. The van der Waals surface area contributed by atoms with Crippen molar-refractivity contribution in [3.8, 4) is 11.4 Å². The summed E-state index contributed by atoms with van der Waals surface area (Å²) in [6.07, 6.45) is 7.23. The fourth-order valence-electron chi connectivity index (χ4n) is 2.35. The normalized spacial score (nSPS) is 11.0. The van der Waals surface area contributed by atoms with Crippen molar-refractivity contribution >= 4 is 5.69 Å². The van der Waals surface area contributed by atoms with Crippen LogP contribution in [-0.2, 0) is 6.54 Å². The van der Waals surface area contributed by atoms with E-state index in [-0.39, 0.29) is 5.82 Å². The predicted molar refractivity (Wildman–Crippen MR) is 81.0 cm³/mol. The lowest BCUT2D eigenvalue weighted by Crippen LogP contribution is -2.03. The third-order valence-corrected chi connectivity index (χ3v) is 3.43. The van der Waals surface area contributed by atoms with Gasteiger partial charge in [0.15, 0.2) is 5.82 Å². The molecule has 0 saturated heterocycles. The maximum atomic E-state index is 13.4. The highest BCUT2D eigenvalue weighted by molar-refractivity contribution is 5.61. The number of aryl methyl sites for hydroxylation is 1. The number of tetrazole rings is 1. The van der Waals surface area contributed by atoms with Crippen molar-refractivity contribution in [1.82, 2.24) is 20.2 Å². The number of aromatic nitrogens is 4. The molecular weight excluding hydrogens is 269 g/mol. The fourth-order valence-corrected chi connectivity index (χ4v) is 2.35. The Balaban J connectivity index is 1.95. The molecule has 21 heavy (non-hydrogen) atoms. The Morgan fingerprint density at radius 2 is 1.86 bits per heavy atom. The summed E-state index contributed by atoms with van der Waals surface area (Å²) in [5.41, 5.74) is 6.65. The number of nitrogen functional groups attached to an aromatic ring is 1. The van der Waals surface area contributed by atoms with Gasteiger partial charge in [0.05, 0.1) is 0 Å². The molecule has 2 aromatic rings. The third kappa shape index (κ3) is 4.51. The van der Waals surface area contributed by atoms with Gasteiger partial charge < -0.3 is 5.73 Å². The van der Waals surface area contributed by atoms with Gasteiger partial charge in [0.2, 0.25) is 0 Å². The van der Waals surface area contributed by atoms with Gasteiger partial charge in [-0.25, -0.2) is 9.07 Å². The molecule has 0 aliphatic rings. The van der Waals surface area contributed by atoms with E-state index in [2.05, 4.69) is 22.4 Å². The highest BCUT2D eigenvalue weighted by atomic mass is 19.1. The summed E-state index contributed by atoms with van der Waals surface area (Å²) in [4.78, 5) is 0. The number of unbranched alkanes of at least 4 members (excludes halogenated alkanes) is 5. The van der Waals surface area contributed by atoms with Gasteiger partial charge in [0.1, 0.15) is 5.82 Å². The van der Waals surface area contributed by atoms with Crippen molar-refractivity contribution in [3.05, 3.63) is 24.0 Å². The summed E-state index contributed by atoms with van der Waals surface area (Å²) < 4.78 is 15.1. The number of hydrogen-bond donors (Lipinski definition) is 1. The zero-order chi connectivity index (χ0) is 15.1. The van der Waals surface area contributed by atoms with Crippen LogP contribution in [0.3, 0.4) is 0 Å². The van der Waals surface area contributed by atoms with E-state index < -0.39 is 0 Å². The monoisotopic (exact) mass is 291 g/mol. The van der Waals surface area contributed by atoms with Crippen molar-refractivity contribution in [3.63, 3.8) is 0 Å². The number of rotatable bonds is 8. The average Bonchev–Trinajstić information content (AvgIpc) is 2.90. The molecule has 0 bridgehead atoms. The van der Waals surface area contributed by atoms with Gasteiger partial charge in [0, 0.05) is 17.8 Å². The zero-order valence-corrected chi connectivity index (χ0v) is 12.4. The summed E-state index contributed by atoms with van der Waals surface area (Å²) >= 11 is 0. The number of benzene rings is 1. The van der Waals surface area contributed by atoms with Crippen LogP contribution in [0, 0.1) is 5.82 Å². The van der Waals surface area contributed by atoms with Gasteiger partial charge in [0.25, 0.3) is 0 Å². The van der Waals surface area contributed by atoms with Crippen LogP contribution in [0.4, 0.5) is 10.1 Å². The molecule has 0 fully saturated rings. The van der Waals surface area contributed by atoms with E-state index in [1.807, 2.05) is 0 Å². The van der Waals surface area contributed by atoms with Crippen LogP contribution in [0.5, 0.6) is 0 Å². The number of nitrogens with zero attached hydrogens (tertiary/aromatic N) is 4. The van der Waals surface area contributed by atoms with Crippen LogP contribution in [-0.4, -0.2) is 20.2 Å². The van der Waals surface area contributed by atoms with Crippen LogP contribution in [0.15, 0.2) is 18.2 Å². The summed E-state index contributed by atoms with van der Waals surface area (Å²) in [6, 6.07) is 4.37. The molecule has 0 atom stereocenters. The Kier molecular flexibility index (Phi) is 5.66. The minimum atomic E-state index is -0.376. The van der Waals surface area contributed by atoms with E-state index in [4.69, 9.17) is 5.73 Å². The van der Waals surface area contributed by atoms with Crippen molar-refractivity contribution in [2.45, 2.75) is 52.0 Å². The molecular formula is C15H22FN5. The minimum absolute atomic E-state index is 0.374. The molecule has 2 N–H and O–H groups in total. The van der Waals surface area contributed by atoms with Gasteiger partial charge in [-0.2, -0.15) is 0 Å². The Labute approximate surface area is 124 Å². The van der Waals surface area contributed by atoms with Crippen LogP contribution >= 0.6 is 0 Å². The van der Waals surface area contributed by atoms with Crippen LogP contribution < -0.4 is 5.73 Å². The summed E-state index contributed by atoms with van der Waals surface area (Å²) in [5, 5.41) is 11.6. The summed E-state index contributed by atoms with van der Waals surface area (Å²) in [6.45, 7) is 2.95. The van der Waals surface area contributed by atoms with Crippen molar-refractivity contribution < 1.29 is 4.39 Å². The largest absolute Gasteiger partial charge is 0.399 e. The van der Waals surface area contributed by atoms with Crippen LogP contribution in [0.25, 0.3) is 11.4 Å². The molecule has 0 unspecified atom stereocenters. The second kappa shape index (κ2) is 7.71. The quantitative estimate of drug-likeness (QED) is 0.597. The lowest BCUT2D eigenvalue weighted by molar-refractivity contribution is 0.519. The topological polar surface area (TPSA) is 69.6 Å². The smallest absolute Gasteiger partial charge is 0.182 e. The average molecular weight is 291 g/mol. The number of anilines is 1. The highest BCUT2D eigenvalue weighted by Crippen LogP contribution is 2.21. The van der Waals surface area contributed by atoms with E-state index in [1.54, 1.807) is 10.7 Å². The molecule has 0 radical (unpaired) electrons. The molecule has 2 rings (SSSR count). The number of hydrogen-bond acceptors (Lipinski definition) is 4. The molecule has 6 heteroatoms. The molecule has 0 aliphatic carbocycles. The minimum Gasteiger partial charge on any atom is -0.399 e. The second-order valence-corrected chi connectivity index (χ2v) is 5.27. The van der Waals surface area contributed by atoms with Crippen molar-refractivity contribution in [2.24, 2.45) is 0 Å². The van der Waals surface area contributed by atoms with Crippen LogP contribution in [0.2, 0.25) is 0 Å². The molecule has 0 spiro atoms.